The van der Waals surface area contributed by atoms with E-state index in [9.17, 15) is 28.1 Å². The fraction of sp³-hybridized carbons (Fsp3) is 0.400. The predicted molar refractivity (Wildman–Crippen MR) is 89.6 cm³/mol. The summed E-state index contributed by atoms with van der Waals surface area (Å²) in [4.78, 5) is 26.6. The maximum absolute atomic E-state index is 13.0. The number of aromatic nitrogens is 2. The summed E-state index contributed by atoms with van der Waals surface area (Å²) in [6.45, 7) is -0.943. The molecular formula is C15H14ClF3N4O5. The lowest BCUT2D eigenvalue weighted by molar-refractivity contribution is -0.384. The number of nitrogens with zero attached hydrogens (tertiary/aromatic N) is 4. The van der Waals surface area contributed by atoms with Crippen LogP contribution in [0.2, 0.25) is 0 Å². The fourth-order valence-electron chi connectivity index (χ4n) is 2.98. The number of aliphatic carboxylic acids is 1. The minimum Gasteiger partial charge on any atom is -0.481 e. The lowest BCUT2D eigenvalue weighted by Crippen LogP contribution is -2.33. The minimum absolute atomic E-state index is 0. The number of halogens is 4. The molecular weight excluding hydrogens is 409 g/mol. The lowest BCUT2D eigenvalue weighted by atomic mass is 9.96. The van der Waals surface area contributed by atoms with Crippen molar-refractivity contribution in [3.8, 4) is 11.4 Å². The maximum atomic E-state index is 13.0. The predicted octanol–water partition coefficient (Wildman–Crippen LogP) is 2.76. The highest BCUT2D eigenvalue weighted by Gasteiger charge is 2.52. The molecule has 0 saturated carbocycles. The Morgan fingerprint density at radius 2 is 2.11 bits per heavy atom. The number of alkyl halides is 3. The van der Waals surface area contributed by atoms with Crippen molar-refractivity contribution in [2.24, 2.45) is 11.8 Å². The van der Waals surface area contributed by atoms with Gasteiger partial charge in [-0.1, -0.05) is 17.3 Å². The normalized spacial score (nSPS) is 20.0. The average molecular weight is 423 g/mol. The van der Waals surface area contributed by atoms with Crippen LogP contribution in [-0.2, 0) is 11.3 Å². The van der Waals surface area contributed by atoms with Gasteiger partial charge in [-0.2, -0.15) is 18.2 Å². The summed E-state index contributed by atoms with van der Waals surface area (Å²) in [6.07, 6.45) is -4.62. The zero-order valence-electron chi connectivity index (χ0n) is 14.0. The van der Waals surface area contributed by atoms with Gasteiger partial charge in [-0.25, -0.2) is 0 Å². The molecule has 0 bridgehead atoms. The van der Waals surface area contributed by atoms with Crippen molar-refractivity contribution in [3.63, 3.8) is 0 Å². The second-order valence-corrected chi connectivity index (χ2v) is 6.11. The Morgan fingerprint density at radius 1 is 1.39 bits per heavy atom. The number of carbonyl (C=O) groups is 1. The molecule has 152 valence electrons. The van der Waals surface area contributed by atoms with Crippen LogP contribution in [0.3, 0.4) is 0 Å². The number of benzene rings is 1. The van der Waals surface area contributed by atoms with Gasteiger partial charge in [-0.15, -0.1) is 12.4 Å². The van der Waals surface area contributed by atoms with Gasteiger partial charge < -0.3 is 9.63 Å². The van der Waals surface area contributed by atoms with Crippen molar-refractivity contribution in [1.29, 1.82) is 0 Å². The van der Waals surface area contributed by atoms with Crippen molar-refractivity contribution in [1.82, 2.24) is 15.0 Å². The summed E-state index contributed by atoms with van der Waals surface area (Å²) in [6, 6.07) is 5.50. The van der Waals surface area contributed by atoms with Gasteiger partial charge in [0.25, 0.3) is 5.69 Å². The molecule has 0 unspecified atom stereocenters. The molecule has 1 aromatic carbocycles. The largest absolute Gasteiger partial charge is 0.481 e. The Balaban J connectivity index is 0.00000280. The number of carboxylic acid groups (broad SMARTS) is 1. The van der Waals surface area contributed by atoms with Crippen LogP contribution >= 0.6 is 12.4 Å². The van der Waals surface area contributed by atoms with Crippen molar-refractivity contribution < 1.29 is 32.5 Å². The summed E-state index contributed by atoms with van der Waals surface area (Å²) in [5.74, 6) is -5.01. The van der Waals surface area contributed by atoms with E-state index < -0.39 is 35.4 Å². The zero-order chi connectivity index (χ0) is 19.8. The standard InChI is InChI=1S/C15H13F3N4O5.ClH/c16-15(17,18)11-6-21(5-10(11)14(23)24)7-12-19-13(20-27-12)8-2-1-3-9(4-8)22(25)26;/h1-4,10-11H,5-7H2,(H,23,24);1H/t10-,11-;/m1./s1. The highest BCUT2D eigenvalue weighted by atomic mass is 35.5. The molecule has 1 aliphatic heterocycles. The maximum Gasteiger partial charge on any atom is 0.393 e. The SMILES string of the molecule is Cl.O=C(O)[C@@H]1CN(Cc2nc(-c3cccc([N+](=O)[O-])c3)no2)C[C@H]1C(F)(F)F. The van der Waals surface area contributed by atoms with Crippen molar-refractivity contribution in [2.75, 3.05) is 13.1 Å². The summed E-state index contributed by atoms with van der Waals surface area (Å²) in [7, 11) is 0. The number of carboxylic acids is 1. The Kier molecular flexibility index (Phi) is 6.24. The lowest BCUT2D eigenvalue weighted by Gasteiger charge is -2.17. The molecule has 1 saturated heterocycles. The monoisotopic (exact) mass is 422 g/mol. The summed E-state index contributed by atoms with van der Waals surface area (Å²) in [5.41, 5.74) is 0.146. The van der Waals surface area contributed by atoms with Crippen LogP contribution < -0.4 is 0 Å². The quantitative estimate of drug-likeness (QED) is 0.576. The molecule has 1 fully saturated rings. The zero-order valence-corrected chi connectivity index (χ0v) is 14.8. The Labute approximate surface area is 161 Å². The number of non-ortho nitro benzene ring substituents is 1. The highest BCUT2D eigenvalue weighted by molar-refractivity contribution is 5.85. The Hall–Kier alpha value is -2.73. The summed E-state index contributed by atoms with van der Waals surface area (Å²) in [5, 5.41) is 23.5. The number of nitro benzene ring substituents is 1. The molecule has 9 nitrogen and oxygen atoms in total. The summed E-state index contributed by atoms with van der Waals surface area (Å²) >= 11 is 0. The van der Waals surface area contributed by atoms with E-state index in [1.165, 1.54) is 29.2 Å². The summed E-state index contributed by atoms with van der Waals surface area (Å²) < 4.78 is 44.0. The van der Waals surface area contributed by atoms with Gasteiger partial charge in [-0.3, -0.25) is 19.8 Å². The van der Waals surface area contributed by atoms with Crippen LogP contribution in [0.25, 0.3) is 11.4 Å². The molecule has 0 aliphatic carbocycles. The molecule has 1 aliphatic rings. The molecule has 2 heterocycles. The number of hydrogen-bond acceptors (Lipinski definition) is 7. The third-order valence-electron chi connectivity index (χ3n) is 4.28. The topological polar surface area (TPSA) is 123 Å². The van der Waals surface area contributed by atoms with Gasteiger partial charge in [0.05, 0.1) is 23.3 Å². The molecule has 2 aromatic rings. The van der Waals surface area contributed by atoms with Gasteiger partial charge in [0.2, 0.25) is 11.7 Å². The van der Waals surface area contributed by atoms with Gasteiger partial charge >= 0.3 is 12.1 Å². The van der Waals surface area contributed by atoms with Crippen LogP contribution in [0.4, 0.5) is 18.9 Å². The number of rotatable bonds is 5. The van der Waals surface area contributed by atoms with E-state index in [0.29, 0.717) is 5.56 Å². The number of nitro groups is 1. The van der Waals surface area contributed by atoms with Gasteiger partial charge in [0.15, 0.2) is 0 Å². The van der Waals surface area contributed by atoms with Crippen LogP contribution in [0.5, 0.6) is 0 Å². The number of hydrogen-bond donors (Lipinski definition) is 1. The van der Waals surface area contributed by atoms with E-state index in [4.69, 9.17) is 9.63 Å². The first-order chi connectivity index (χ1) is 12.6. The molecule has 28 heavy (non-hydrogen) atoms. The first-order valence-electron chi connectivity index (χ1n) is 7.74. The Bertz CT molecular complexity index is 875. The molecule has 13 heteroatoms. The van der Waals surface area contributed by atoms with E-state index in [1.807, 2.05) is 0 Å². The van der Waals surface area contributed by atoms with E-state index >= 15 is 0 Å². The smallest absolute Gasteiger partial charge is 0.393 e. The third kappa shape index (κ3) is 4.57. The van der Waals surface area contributed by atoms with E-state index in [-0.39, 0.29) is 42.9 Å². The molecule has 3 rings (SSSR count). The molecule has 1 aromatic heterocycles. The van der Waals surface area contributed by atoms with Crippen molar-refractivity contribution in [3.05, 3.63) is 40.3 Å². The first-order valence-corrected chi connectivity index (χ1v) is 7.74. The average Bonchev–Trinajstić information content (AvgIpc) is 3.22. The first kappa shape index (κ1) is 21.6. The van der Waals surface area contributed by atoms with Gasteiger partial charge in [-0.05, 0) is 0 Å². The van der Waals surface area contributed by atoms with Gasteiger partial charge in [0, 0.05) is 30.8 Å². The fourth-order valence-corrected chi connectivity index (χ4v) is 2.98. The second kappa shape index (κ2) is 8.10. The van der Waals surface area contributed by atoms with Crippen molar-refractivity contribution >= 4 is 24.1 Å². The van der Waals surface area contributed by atoms with Crippen molar-refractivity contribution in [2.45, 2.75) is 12.7 Å². The van der Waals surface area contributed by atoms with E-state index in [2.05, 4.69) is 10.1 Å². The minimum atomic E-state index is -4.62. The van der Waals surface area contributed by atoms with E-state index in [0.717, 1.165) is 0 Å². The van der Waals surface area contributed by atoms with Crippen LogP contribution in [-0.4, -0.2) is 50.3 Å². The number of likely N-dealkylation sites (tertiary alicyclic amines) is 1. The van der Waals surface area contributed by atoms with Crippen LogP contribution in [0.1, 0.15) is 5.89 Å². The second-order valence-electron chi connectivity index (χ2n) is 6.11. The molecule has 0 spiro atoms. The van der Waals surface area contributed by atoms with Crippen LogP contribution in [0, 0.1) is 22.0 Å². The highest BCUT2D eigenvalue weighted by Crippen LogP contribution is 2.38. The molecule has 0 amide bonds. The molecule has 1 N–H and O–H groups in total. The third-order valence-corrected chi connectivity index (χ3v) is 4.28. The van der Waals surface area contributed by atoms with Crippen LogP contribution in [0.15, 0.2) is 28.8 Å². The van der Waals surface area contributed by atoms with Gasteiger partial charge in [0.1, 0.15) is 0 Å². The van der Waals surface area contributed by atoms with E-state index in [1.54, 1.807) is 0 Å². The molecule has 2 atom stereocenters. The Morgan fingerprint density at radius 3 is 2.68 bits per heavy atom. The molecule has 0 radical (unpaired) electrons.